The van der Waals surface area contributed by atoms with Crippen LogP contribution in [-0.4, -0.2) is 39.4 Å². The third-order valence-corrected chi connectivity index (χ3v) is 12.2. The highest BCUT2D eigenvalue weighted by atomic mass is 32.2. The summed E-state index contributed by atoms with van der Waals surface area (Å²) < 4.78 is 13.1. The second kappa shape index (κ2) is 10.7. The fourth-order valence-electron chi connectivity index (χ4n) is 6.86. The lowest BCUT2D eigenvalue weighted by Crippen LogP contribution is -2.57. The summed E-state index contributed by atoms with van der Waals surface area (Å²) in [5, 5.41) is 2.26. The SMILES string of the molecule is CC1(C)CSC(c2ccc(-c3ccc4c(c3)Oc3cccc5c3B4c3ccc(-c4ccc(C6=NC(C)(C)CS6)cc4)cc3O5)cc2)=N1. The van der Waals surface area contributed by atoms with Crippen LogP contribution in [0.25, 0.3) is 22.3 Å². The van der Waals surface area contributed by atoms with E-state index in [2.05, 4.69) is 125 Å². The van der Waals surface area contributed by atoms with Crippen LogP contribution in [0.4, 0.5) is 0 Å². The third kappa shape index (κ3) is 5.11. The van der Waals surface area contributed by atoms with Gasteiger partial charge < -0.3 is 9.47 Å². The normalized spacial score (nSPS) is 17.9. The highest BCUT2D eigenvalue weighted by Gasteiger charge is 2.40. The molecule has 4 heterocycles. The Morgan fingerprint density at radius 2 is 0.915 bits per heavy atom. The number of ether oxygens (including phenoxy) is 2. The van der Waals surface area contributed by atoms with Crippen LogP contribution in [0.5, 0.6) is 23.0 Å². The van der Waals surface area contributed by atoms with E-state index < -0.39 is 0 Å². The number of hydrogen-bond acceptors (Lipinski definition) is 6. The predicted octanol–water partition coefficient (Wildman–Crippen LogP) is 8.29. The summed E-state index contributed by atoms with van der Waals surface area (Å²) in [6, 6.07) is 36.9. The number of nitrogens with zero attached hydrogens (tertiary/aromatic N) is 2. The van der Waals surface area contributed by atoms with Crippen LogP contribution in [0.3, 0.4) is 0 Å². The maximum atomic E-state index is 6.57. The van der Waals surface area contributed by atoms with Crippen LogP contribution < -0.4 is 25.9 Å². The van der Waals surface area contributed by atoms with Gasteiger partial charge in [0.1, 0.15) is 23.0 Å². The molecule has 0 aliphatic carbocycles. The minimum absolute atomic E-state index is 0.00246. The van der Waals surface area contributed by atoms with Gasteiger partial charge in [-0.05, 0) is 85.1 Å². The molecule has 4 nitrogen and oxygen atoms in total. The Morgan fingerprint density at radius 3 is 1.32 bits per heavy atom. The molecule has 0 bridgehead atoms. The molecule has 0 atom stereocenters. The van der Waals surface area contributed by atoms with E-state index in [0.717, 1.165) is 83.2 Å². The summed E-state index contributed by atoms with van der Waals surface area (Å²) in [4.78, 5) is 9.82. The standard InChI is InChI=1S/C40H33BN2O2S2/c1-39(2)22-46-37(42-39)26-12-8-24(9-13-26)28-16-18-30-34(20-28)44-32-6-5-7-33-36(32)41(30)31-19-17-29(21-35(31)45-33)25-10-14-27(15-11-25)38-43-40(3,4)23-47-38/h5-21H,22-23H2,1-4H3. The molecule has 0 spiro atoms. The smallest absolute Gasteiger partial charge is 0.260 e. The van der Waals surface area contributed by atoms with E-state index in [1.807, 2.05) is 29.6 Å². The molecule has 0 saturated carbocycles. The Hall–Kier alpha value is -4.20. The lowest BCUT2D eigenvalue weighted by atomic mass is 9.35. The van der Waals surface area contributed by atoms with Gasteiger partial charge in [-0.3, -0.25) is 9.98 Å². The van der Waals surface area contributed by atoms with Crippen molar-refractivity contribution in [2.24, 2.45) is 9.98 Å². The van der Waals surface area contributed by atoms with Crippen molar-refractivity contribution < 1.29 is 9.47 Å². The van der Waals surface area contributed by atoms with Crippen molar-refractivity contribution in [2.45, 2.75) is 38.8 Å². The Morgan fingerprint density at radius 1 is 0.511 bits per heavy atom. The maximum Gasteiger partial charge on any atom is 0.260 e. The van der Waals surface area contributed by atoms with E-state index in [1.165, 1.54) is 11.1 Å². The first-order valence-corrected chi connectivity index (χ1v) is 18.1. The fraction of sp³-hybridized carbons (Fsp3) is 0.200. The van der Waals surface area contributed by atoms with Crippen LogP contribution >= 0.6 is 23.5 Å². The van der Waals surface area contributed by atoms with E-state index >= 15 is 0 Å². The van der Waals surface area contributed by atoms with Gasteiger partial charge in [-0.1, -0.05) is 78.9 Å². The molecular weight excluding hydrogens is 615 g/mol. The molecule has 4 aliphatic heterocycles. The van der Waals surface area contributed by atoms with E-state index in [9.17, 15) is 0 Å². The lowest BCUT2D eigenvalue weighted by Gasteiger charge is -2.33. The average Bonchev–Trinajstić information content (AvgIpc) is 3.64. The van der Waals surface area contributed by atoms with Crippen molar-refractivity contribution in [3.05, 3.63) is 114 Å². The fourth-order valence-corrected chi connectivity index (χ4v) is 9.20. The molecule has 47 heavy (non-hydrogen) atoms. The van der Waals surface area contributed by atoms with Gasteiger partial charge in [0.15, 0.2) is 0 Å². The largest absolute Gasteiger partial charge is 0.458 e. The summed E-state index contributed by atoms with van der Waals surface area (Å²) in [7, 11) is 0. The van der Waals surface area contributed by atoms with Crippen molar-refractivity contribution in [2.75, 3.05) is 11.5 Å². The first-order chi connectivity index (χ1) is 22.7. The molecule has 5 aromatic carbocycles. The zero-order valence-electron chi connectivity index (χ0n) is 26.8. The first-order valence-electron chi connectivity index (χ1n) is 16.1. The summed E-state index contributed by atoms with van der Waals surface area (Å²) in [5.74, 6) is 5.53. The third-order valence-electron chi connectivity index (χ3n) is 9.27. The number of aliphatic imine (C=N–C) groups is 2. The van der Waals surface area contributed by atoms with Gasteiger partial charge in [-0.25, -0.2) is 0 Å². The van der Waals surface area contributed by atoms with Crippen LogP contribution in [0.2, 0.25) is 0 Å². The highest BCUT2D eigenvalue weighted by molar-refractivity contribution is 8.15. The van der Waals surface area contributed by atoms with Crippen molar-refractivity contribution in [1.82, 2.24) is 0 Å². The van der Waals surface area contributed by atoms with E-state index in [-0.39, 0.29) is 17.8 Å². The zero-order chi connectivity index (χ0) is 31.9. The molecule has 9 rings (SSSR count). The molecule has 0 saturated heterocycles. The van der Waals surface area contributed by atoms with Crippen molar-refractivity contribution >= 4 is 56.7 Å². The maximum absolute atomic E-state index is 6.57. The van der Waals surface area contributed by atoms with Crippen LogP contribution in [0.1, 0.15) is 38.8 Å². The molecule has 5 aromatic rings. The number of benzene rings is 5. The summed E-state index contributed by atoms with van der Waals surface area (Å²) in [6.07, 6.45) is 0. The Kier molecular flexibility index (Phi) is 6.57. The average molecular weight is 649 g/mol. The van der Waals surface area contributed by atoms with E-state index in [1.54, 1.807) is 0 Å². The molecule has 0 aromatic heterocycles. The van der Waals surface area contributed by atoms with Crippen molar-refractivity contribution in [3.63, 3.8) is 0 Å². The quantitative estimate of drug-likeness (QED) is 0.180. The van der Waals surface area contributed by atoms with E-state index in [4.69, 9.17) is 19.5 Å². The first kappa shape index (κ1) is 29.0. The second-order valence-corrected chi connectivity index (χ2v) is 15.9. The molecule has 7 heteroatoms. The minimum atomic E-state index is 0.00246. The molecule has 0 fully saturated rings. The molecular formula is C40H33BN2O2S2. The van der Waals surface area contributed by atoms with Gasteiger partial charge in [0.05, 0.1) is 21.2 Å². The minimum Gasteiger partial charge on any atom is -0.458 e. The van der Waals surface area contributed by atoms with Gasteiger partial charge in [-0.15, -0.1) is 23.5 Å². The monoisotopic (exact) mass is 648 g/mol. The van der Waals surface area contributed by atoms with Crippen molar-refractivity contribution in [3.8, 4) is 45.3 Å². The lowest BCUT2D eigenvalue weighted by molar-refractivity contribution is 0.464. The van der Waals surface area contributed by atoms with Crippen LogP contribution in [0.15, 0.2) is 113 Å². The van der Waals surface area contributed by atoms with Gasteiger partial charge in [0.25, 0.3) is 6.71 Å². The molecule has 230 valence electrons. The van der Waals surface area contributed by atoms with E-state index in [0.29, 0.717) is 0 Å². The Balaban J connectivity index is 1.04. The van der Waals surface area contributed by atoms with Gasteiger partial charge in [0.2, 0.25) is 0 Å². The number of rotatable bonds is 4. The van der Waals surface area contributed by atoms with Gasteiger partial charge >= 0.3 is 0 Å². The Bertz CT molecular complexity index is 2000. The van der Waals surface area contributed by atoms with Crippen LogP contribution in [0, 0.1) is 0 Å². The van der Waals surface area contributed by atoms with Gasteiger partial charge in [-0.2, -0.15) is 0 Å². The number of hydrogen-bond donors (Lipinski definition) is 0. The van der Waals surface area contributed by atoms with Crippen molar-refractivity contribution in [1.29, 1.82) is 0 Å². The molecule has 0 N–H and O–H groups in total. The summed E-state index contributed by atoms with van der Waals surface area (Å²) >= 11 is 3.68. The molecule has 0 amide bonds. The summed E-state index contributed by atoms with van der Waals surface area (Å²) in [5.41, 5.74) is 10.4. The second-order valence-electron chi connectivity index (χ2n) is 14.0. The molecule has 4 aliphatic rings. The Labute approximate surface area is 284 Å². The van der Waals surface area contributed by atoms with Gasteiger partial charge in [0, 0.05) is 28.1 Å². The highest BCUT2D eigenvalue weighted by Crippen LogP contribution is 2.38. The molecule has 0 radical (unpaired) electrons. The number of thioether (sulfide) groups is 2. The number of fused-ring (bicyclic) bond motifs is 4. The zero-order valence-corrected chi connectivity index (χ0v) is 28.5. The predicted molar refractivity (Wildman–Crippen MR) is 201 cm³/mol. The van der Waals surface area contributed by atoms with Crippen LogP contribution in [-0.2, 0) is 0 Å². The topological polar surface area (TPSA) is 43.2 Å². The molecule has 0 unspecified atom stereocenters. The summed E-state index contributed by atoms with van der Waals surface area (Å²) in [6.45, 7) is 8.80.